The second-order valence-corrected chi connectivity index (χ2v) is 5.61. The van der Waals surface area contributed by atoms with Crippen molar-refractivity contribution in [1.82, 2.24) is 4.90 Å². The first kappa shape index (κ1) is 16.9. The molecule has 1 N–H and O–H groups in total. The number of ether oxygens (including phenoxy) is 1. The van der Waals surface area contributed by atoms with E-state index in [-0.39, 0.29) is 11.7 Å². The highest BCUT2D eigenvalue weighted by Gasteiger charge is 2.10. The van der Waals surface area contributed by atoms with Crippen molar-refractivity contribution in [3.63, 3.8) is 0 Å². The van der Waals surface area contributed by atoms with E-state index >= 15 is 0 Å². The van der Waals surface area contributed by atoms with Gasteiger partial charge in [-0.2, -0.15) is 0 Å². The van der Waals surface area contributed by atoms with Gasteiger partial charge in [0.1, 0.15) is 18.1 Å². The number of hydrogen-bond acceptors (Lipinski definition) is 3. The summed E-state index contributed by atoms with van der Waals surface area (Å²) in [5, 5.41) is 9.70. The van der Waals surface area contributed by atoms with E-state index in [0.29, 0.717) is 26.0 Å². The molecule has 2 rings (SSSR count). The average molecular weight is 313 g/mol. The van der Waals surface area contributed by atoms with Crippen LogP contribution in [0.15, 0.2) is 48.5 Å². The lowest BCUT2D eigenvalue weighted by Crippen LogP contribution is -2.31. The van der Waals surface area contributed by atoms with Gasteiger partial charge in [-0.25, -0.2) is 0 Å². The van der Waals surface area contributed by atoms with Crippen LogP contribution in [0.4, 0.5) is 0 Å². The van der Waals surface area contributed by atoms with Gasteiger partial charge in [0.05, 0.1) is 6.54 Å². The van der Waals surface area contributed by atoms with Crippen LogP contribution in [0, 0.1) is 6.92 Å². The zero-order valence-electron chi connectivity index (χ0n) is 13.7. The molecule has 0 aliphatic rings. The molecule has 122 valence electrons. The monoisotopic (exact) mass is 313 g/mol. The highest BCUT2D eigenvalue weighted by molar-refractivity contribution is 5.76. The molecular formula is C19H23NO3. The first-order valence-electron chi connectivity index (χ1n) is 7.76. The van der Waals surface area contributed by atoms with Crippen molar-refractivity contribution >= 4 is 5.91 Å². The van der Waals surface area contributed by atoms with Crippen molar-refractivity contribution in [3.8, 4) is 11.5 Å². The Labute approximate surface area is 137 Å². The van der Waals surface area contributed by atoms with E-state index in [1.165, 1.54) is 5.56 Å². The van der Waals surface area contributed by atoms with Crippen LogP contribution in [-0.2, 0) is 11.2 Å². The molecule has 0 saturated carbocycles. The molecule has 0 fully saturated rings. The molecule has 0 radical (unpaired) electrons. The lowest BCUT2D eigenvalue weighted by Gasteiger charge is -2.17. The smallest absolute Gasteiger partial charge is 0.222 e. The largest absolute Gasteiger partial charge is 0.508 e. The second-order valence-electron chi connectivity index (χ2n) is 5.61. The third kappa shape index (κ3) is 5.33. The topological polar surface area (TPSA) is 49.8 Å². The molecule has 23 heavy (non-hydrogen) atoms. The second kappa shape index (κ2) is 8.22. The Bertz CT molecular complexity index is 637. The molecule has 0 aromatic heterocycles. The first-order valence-corrected chi connectivity index (χ1v) is 7.76. The van der Waals surface area contributed by atoms with E-state index in [2.05, 4.69) is 0 Å². The minimum absolute atomic E-state index is 0.0424. The maximum atomic E-state index is 12.1. The molecule has 4 heteroatoms. The number of hydrogen-bond donors (Lipinski definition) is 1. The predicted molar refractivity (Wildman–Crippen MR) is 90.7 cm³/mol. The molecule has 0 heterocycles. The summed E-state index contributed by atoms with van der Waals surface area (Å²) in [5.74, 6) is 1.09. The van der Waals surface area contributed by atoms with Crippen LogP contribution in [0.3, 0.4) is 0 Å². The number of amides is 1. The molecule has 0 aliphatic carbocycles. The Morgan fingerprint density at radius 1 is 1.13 bits per heavy atom. The fraction of sp³-hybridized carbons (Fsp3) is 0.316. The molecule has 1 amide bonds. The maximum Gasteiger partial charge on any atom is 0.222 e. The van der Waals surface area contributed by atoms with Gasteiger partial charge in [-0.15, -0.1) is 0 Å². The van der Waals surface area contributed by atoms with E-state index < -0.39 is 0 Å². The number of aromatic hydroxyl groups is 1. The zero-order chi connectivity index (χ0) is 16.7. The van der Waals surface area contributed by atoms with Crippen molar-refractivity contribution in [1.29, 1.82) is 0 Å². The van der Waals surface area contributed by atoms with Gasteiger partial charge < -0.3 is 14.7 Å². The van der Waals surface area contributed by atoms with E-state index in [9.17, 15) is 9.90 Å². The van der Waals surface area contributed by atoms with Crippen LogP contribution in [-0.4, -0.2) is 36.1 Å². The van der Waals surface area contributed by atoms with Gasteiger partial charge in [-0.3, -0.25) is 4.79 Å². The van der Waals surface area contributed by atoms with Crippen LogP contribution in [0.2, 0.25) is 0 Å². The van der Waals surface area contributed by atoms with Crippen LogP contribution in [0.1, 0.15) is 17.5 Å². The predicted octanol–water partition coefficient (Wildman–Crippen LogP) is 3.17. The lowest BCUT2D eigenvalue weighted by atomic mass is 10.1. The summed E-state index contributed by atoms with van der Waals surface area (Å²) < 4.78 is 5.63. The molecule has 0 aliphatic heterocycles. The van der Waals surface area contributed by atoms with Crippen molar-refractivity contribution in [2.75, 3.05) is 20.2 Å². The highest BCUT2D eigenvalue weighted by atomic mass is 16.5. The van der Waals surface area contributed by atoms with Gasteiger partial charge in [0, 0.05) is 13.5 Å². The molecule has 2 aromatic carbocycles. The number of phenols is 1. The van der Waals surface area contributed by atoms with Gasteiger partial charge in [0.25, 0.3) is 0 Å². The summed E-state index contributed by atoms with van der Waals surface area (Å²) in [4.78, 5) is 13.8. The Balaban J connectivity index is 1.72. The van der Waals surface area contributed by atoms with Gasteiger partial charge in [0.2, 0.25) is 5.91 Å². The van der Waals surface area contributed by atoms with Crippen LogP contribution >= 0.6 is 0 Å². The number of carbonyl (C=O) groups is 1. The minimum atomic E-state index is 0.0424. The summed E-state index contributed by atoms with van der Waals surface area (Å²) >= 11 is 0. The fourth-order valence-corrected chi connectivity index (χ4v) is 2.21. The van der Waals surface area contributed by atoms with Gasteiger partial charge in [-0.1, -0.05) is 35.9 Å². The molecule has 0 saturated heterocycles. The number of aryl methyl sites for hydroxylation is 2. The third-order valence-corrected chi connectivity index (χ3v) is 3.74. The molecule has 0 atom stereocenters. The number of para-hydroxylation sites is 1. The van der Waals surface area contributed by atoms with Gasteiger partial charge in [-0.05, 0) is 37.1 Å². The number of benzene rings is 2. The third-order valence-electron chi connectivity index (χ3n) is 3.74. The quantitative estimate of drug-likeness (QED) is 0.854. The summed E-state index contributed by atoms with van der Waals surface area (Å²) in [6.07, 6.45) is 0.910. The summed E-state index contributed by atoms with van der Waals surface area (Å²) in [6.45, 7) is 3.02. The molecular weight excluding hydrogens is 290 g/mol. The minimum Gasteiger partial charge on any atom is -0.508 e. The molecule has 4 nitrogen and oxygen atoms in total. The van der Waals surface area contributed by atoms with E-state index in [4.69, 9.17) is 4.74 Å². The van der Waals surface area contributed by atoms with Crippen LogP contribution in [0.5, 0.6) is 11.5 Å². The lowest BCUT2D eigenvalue weighted by molar-refractivity contribution is -0.130. The number of nitrogens with zero attached hydrogens (tertiary/aromatic N) is 1. The van der Waals surface area contributed by atoms with Crippen molar-refractivity contribution in [3.05, 3.63) is 59.7 Å². The maximum absolute atomic E-state index is 12.1. The van der Waals surface area contributed by atoms with Crippen molar-refractivity contribution in [2.24, 2.45) is 0 Å². The van der Waals surface area contributed by atoms with Crippen LogP contribution in [0.25, 0.3) is 0 Å². The van der Waals surface area contributed by atoms with Crippen LogP contribution < -0.4 is 4.74 Å². The average Bonchev–Trinajstić information content (AvgIpc) is 2.55. The standard InChI is InChI=1S/C19H23NO3/c1-15-7-10-17(11-8-15)23-14-13-20(2)19(22)12-9-16-5-3-4-6-18(16)21/h3-8,10-11,21H,9,12-14H2,1-2H3. The first-order chi connectivity index (χ1) is 11.1. The normalized spacial score (nSPS) is 10.3. The Hall–Kier alpha value is -2.49. The number of likely N-dealkylation sites (N-methyl/N-ethyl adjacent to an activating group) is 1. The van der Waals surface area contributed by atoms with Gasteiger partial charge >= 0.3 is 0 Å². The Morgan fingerprint density at radius 2 is 1.83 bits per heavy atom. The number of rotatable bonds is 7. The number of carbonyl (C=O) groups excluding carboxylic acids is 1. The van der Waals surface area contributed by atoms with Crippen molar-refractivity contribution < 1.29 is 14.6 Å². The number of phenolic OH excluding ortho intramolecular Hbond substituents is 1. The zero-order valence-corrected chi connectivity index (χ0v) is 13.7. The Kier molecular flexibility index (Phi) is 6.03. The van der Waals surface area contributed by atoms with E-state index in [1.807, 2.05) is 43.3 Å². The van der Waals surface area contributed by atoms with E-state index in [0.717, 1.165) is 11.3 Å². The molecule has 2 aromatic rings. The summed E-state index contributed by atoms with van der Waals surface area (Å²) in [5.41, 5.74) is 1.99. The molecule has 0 bridgehead atoms. The van der Waals surface area contributed by atoms with Crippen molar-refractivity contribution in [2.45, 2.75) is 19.8 Å². The molecule has 0 spiro atoms. The van der Waals surface area contributed by atoms with E-state index in [1.54, 1.807) is 24.1 Å². The Morgan fingerprint density at radius 3 is 2.52 bits per heavy atom. The molecule has 0 unspecified atom stereocenters. The highest BCUT2D eigenvalue weighted by Crippen LogP contribution is 2.17. The van der Waals surface area contributed by atoms with Gasteiger partial charge in [0.15, 0.2) is 0 Å². The SMILES string of the molecule is Cc1ccc(OCCN(C)C(=O)CCc2ccccc2O)cc1. The fourth-order valence-electron chi connectivity index (χ4n) is 2.21. The summed E-state index contributed by atoms with van der Waals surface area (Å²) in [7, 11) is 1.77. The summed E-state index contributed by atoms with van der Waals surface area (Å²) in [6, 6.07) is 15.0.